The number of hydrogen-bond acceptors (Lipinski definition) is 6. The second-order valence-electron chi connectivity index (χ2n) is 5.98. The zero-order valence-corrected chi connectivity index (χ0v) is 12.6. The maximum atomic E-state index is 6.19. The van der Waals surface area contributed by atoms with Crippen LogP contribution >= 0.6 is 0 Å². The van der Waals surface area contributed by atoms with E-state index in [1.54, 1.807) is 0 Å². The number of rotatable bonds is 6. The van der Waals surface area contributed by atoms with E-state index in [1.165, 1.54) is 6.42 Å². The molecule has 0 saturated carbocycles. The minimum atomic E-state index is -0.737. The predicted octanol–water partition coefficient (Wildman–Crippen LogP) is 1.78. The molecule has 0 radical (unpaired) electrons. The monoisotopic (exact) mass is 283 g/mol. The molecule has 0 aromatic carbocycles. The van der Waals surface area contributed by atoms with Gasteiger partial charge in [-0.3, -0.25) is 0 Å². The lowest BCUT2D eigenvalue weighted by Gasteiger charge is -2.22. The minimum absolute atomic E-state index is 0.125. The van der Waals surface area contributed by atoms with Crippen molar-refractivity contribution >= 4 is 0 Å². The lowest BCUT2D eigenvalue weighted by atomic mass is 10.0. The van der Waals surface area contributed by atoms with Crippen molar-refractivity contribution in [3.63, 3.8) is 0 Å². The first-order valence-corrected chi connectivity index (χ1v) is 7.32. The third-order valence-corrected chi connectivity index (χ3v) is 3.37. The van der Waals surface area contributed by atoms with Gasteiger partial charge in [0.15, 0.2) is 5.82 Å². The average Bonchev–Trinajstić information content (AvgIpc) is 2.87. The molecular weight excluding hydrogens is 258 g/mol. The van der Waals surface area contributed by atoms with Crippen LogP contribution < -0.4 is 5.73 Å². The van der Waals surface area contributed by atoms with Gasteiger partial charge in [0.05, 0.1) is 25.2 Å². The Kier molecular flexibility index (Phi) is 5.12. The summed E-state index contributed by atoms with van der Waals surface area (Å²) in [6.45, 7) is 6.98. The first-order chi connectivity index (χ1) is 9.47. The molecule has 6 nitrogen and oxygen atoms in total. The van der Waals surface area contributed by atoms with Crippen LogP contribution in [0.2, 0.25) is 0 Å². The molecule has 2 rings (SSSR count). The Balaban J connectivity index is 1.93. The molecule has 1 aromatic rings. The Morgan fingerprint density at radius 1 is 1.45 bits per heavy atom. The van der Waals surface area contributed by atoms with Crippen LogP contribution in [0.3, 0.4) is 0 Å². The fourth-order valence-electron chi connectivity index (χ4n) is 2.14. The third kappa shape index (κ3) is 4.26. The molecular formula is C14H25N3O3. The maximum absolute atomic E-state index is 6.19. The van der Waals surface area contributed by atoms with Crippen molar-refractivity contribution in [3.05, 3.63) is 11.7 Å². The molecule has 2 heterocycles. The van der Waals surface area contributed by atoms with Gasteiger partial charge < -0.3 is 19.7 Å². The zero-order valence-electron chi connectivity index (χ0n) is 12.6. The number of ether oxygens (including phenoxy) is 2. The molecule has 2 atom stereocenters. The number of aromatic nitrogens is 2. The van der Waals surface area contributed by atoms with Crippen LogP contribution in [0.15, 0.2) is 4.52 Å². The molecule has 0 bridgehead atoms. The van der Waals surface area contributed by atoms with Crippen LogP contribution in [0.25, 0.3) is 0 Å². The number of nitrogens with two attached hydrogens (primary N) is 1. The highest BCUT2D eigenvalue weighted by Gasteiger charge is 2.29. The van der Waals surface area contributed by atoms with Crippen molar-refractivity contribution in [1.29, 1.82) is 0 Å². The summed E-state index contributed by atoms with van der Waals surface area (Å²) in [6, 6.07) is 0. The van der Waals surface area contributed by atoms with Crippen molar-refractivity contribution in [2.24, 2.45) is 5.73 Å². The van der Waals surface area contributed by atoms with Gasteiger partial charge in [-0.05, 0) is 40.0 Å². The van der Waals surface area contributed by atoms with Crippen molar-refractivity contribution in [1.82, 2.24) is 10.1 Å². The van der Waals surface area contributed by atoms with Crippen LogP contribution in [0.4, 0.5) is 0 Å². The second kappa shape index (κ2) is 6.65. The molecule has 114 valence electrons. The van der Waals surface area contributed by atoms with Crippen LogP contribution in [-0.2, 0) is 21.4 Å². The van der Waals surface area contributed by atoms with Gasteiger partial charge in [-0.15, -0.1) is 0 Å². The highest BCUT2D eigenvalue weighted by Crippen LogP contribution is 2.19. The van der Waals surface area contributed by atoms with E-state index in [0.717, 1.165) is 19.4 Å². The molecule has 1 aliphatic rings. The summed E-state index contributed by atoms with van der Waals surface area (Å²) in [5.41, 5.74) is 5.45. The molecule has 0 aliphatic carbocycles. The summed E-state index contributed by atoms with van der Waals surface area (Å²) in [5.74, 6) is 1.08. The molecule has 1 saturated heterocycles. The van der Waals surface area contributed by atoms with Crippen LogP contribution in [-0.4, -0.2) is 35.6 Å². The molecule has 2 N–H and O–H groups in total. The van der Waals surface area contributed by atoms with E-state index in [1.807, 2.05) is 20.8 Å². The second-order valence-corrected chi connectivity index (χ2v) is 5.98. The minimum Gasteiger partial charge on any atom is -0.378 e. The van der Waals surface area contributed by atoms with E-state index < -0.39 is 5.54 Å². The Morgan fingerprint density at radius 3 is 2.90 bits per heavy atom. The molecule has 1 aromatic heterocycles. The molecule has 1 aliphatic heterocycles. The Labute approximate surface area is 120 Å². The molecule has 2 unspecified atom stereocenters. The quantitative estimate of drug-likeness (QED) is 0.856. The lowest BCUT2D eigenvalue weighted by Crippen LogP contribution is -2.40. The SMILES string of the molecule is CC(C)OCC(C)(N)c1noc(CC2CCCCO2)n1. The standard InChI is InChI=1S/C14H25N3O3/c1-10(2)19-9-14(3,15)13-16-12(20-17-13)8-11-6-4-5-7-18-11/h10-11H,4-9,15H2,1-3H3. The van der Waals surface area contributed by atoms with Crippen molar-refractivity contribution in [2.45, 2.75) is 64.2 Å². The highest BCUT2D eigenvalue weighted by atomic mass is 16.5. The molecule has 1 fully saturated rings. The van der Waals surface area contributed by atoms with Gasteiger partial charge in [-0.25, -0.2) is 0 Å². The Morgan fingerprint density at radius 2 is 2.25 bits per heavy atom. The van der Waals surface area contributed by atoms with E-state index in [2.05, 4.69) is 10.1 Å². The van der Waals surface area contributed by atoms with E-state index >= 15 is 0 Å². The van der Waals surface area contributed by atoms with Crippen molar-refractivity contribution < 1.29 is 14.0 Å². The zero-order chi connectivity index (χ0) is 14.6. The third-order valence-electron chi connectivity index (χ3n) is 3.37. The van der Waals surface area contributed by atoms with Gasteiger partial charge in [-0.2, -0.15) is 4.98 Å². The summed E-state index contributed by atoms with van der Waals surface area (Å²) < 4.78 is 16.5. The Bertz CT molecular complexity index is 412. The molecule has 20 heavy (non-hydrogen) atoms. The normalized spacial score (nSPS) is 22.9. The summed E-state index contributed by atoms with van der Waals surface area (Å²) in [6.07, 6.45) is 4.36. The first-order valence-electron chi connectivity index (χ1n) is 7.32. The van der Waals surface area contributed by atoms with Crippen LogP contribution in [0.5, 0.6) is 0 Å². The Hall–Kier alpha value is -0.980. The highest BCUT2D eigenvalue weighted by molar-refractivity contribution is 5.02. The van der Waals surface area contributed by atoms with E-state index in [4.69, 9.17) is 19.7 Å². The largest absolute Gasteiger partial charge is 0.378 e. The molecule has 0 amide bonds. The van der Waals surface area contributed by atoms with Gasteiger partial charge in [0, 0.05) is 6.61 Å². The van der Waals surface area contributed by atoms with Crippen molar-refractivity contribution in [3.8, 4) is 0 Å². The van der Waals surface area contributed by atoms with E-state index in [-0.39, 0.29) is 12.2 Å². The van der Waals surface area contributed by atoms with E-state index in [0.29, 0.717) is 24.7 Å². The number of nitrogens with zero attached hydrogens (tertiary/aromatic N) is 2. The average molecular weight is 283 g/mol. The van der Waals surface area contributed by atoms with Gasteiger partial charge in [0.1, 0.15) is 5.54 Å². The molecule has 6 heteroatoms. The van der Waals surface area contributed by atoms with Gasteiger partial charge >= 0.3 is 0 Å². The predicted molar refractivity (Wildman–Crippen MR) is 74.2 cm³/mol. The molecule has 0 spiro atoms. The smallest absolute Gasteiger partial charge is 0.229 e. The summed E-state index contributed by atoms with van der Waals surface area (Å²) in [4.78, 5) is 4.39. The van der Waals surface area contributed by atoms with E-state index in [9.17, 15) is 0 Å². The summed E-state index contributed by atoms with van der Waals surface area (Å²) in [5, 5.41) is 3.98. The van der Waals surface area contributed by atoms with Gasteiger partial charge in [-0.1, -0.05) is 5.16 Å². The number of hydrogen-bond donors (Lipinski definition) is 1. The first kappa shape index (κ1) is 15.4. The fraction of sp³-hybridized carbons (Fsp3) is 0.857. The summed E-state index contributed by atoms with van der Waals surface area (Å²) in [7, 11) is 0. The van der Waals surface area contributed by atoms with Crippen LogP contribution in [0.1, 0.15) is 51.7 Å². The van der Waals surface area contributed by atoms with Crippen molar-refractivity contribution in [2.75, 3.05) is 13.2 Å². The van der Waals surface area contributed by atoms with Gasteiger partial charge in [0.2, 0.25) is 5.89 Å². The topological polar surface area (TPSA) is 83.4 Å². The lowest BCUT2D eigenvalue weighted by molar-refractivity contribution is 0.0124. The van der Waals surface area contributed by atoms with Crippen LogP contribution in [0, 0.1) is 0 Å². The fourth-order valence-corrected chi connectivity index (χ4v) is 2.14. The maximum Gasteiger partial charge on any atom is 0.229 e. The summed E-state index contributed by atoms with van der Waals surface area (Å²) >= 11 is 0. The van der Waals surface area contributed by atoms with Gasteiger partial charge in [0.25, 0.3) is 0 Å².